The van der Waals surface area contributed by atoms with Crippen LogP contribution in [0.4, 0.5) is 11.4 Å². The molecule has 0 saturated carbocycles. The van der Waals surface area contributed by atoms with Crippen LogP contribution < -0.4 is 15.5 Å². The summed E-state index contributed by atoms with van der Waals surface area (Å²) in [6, 6.07) is 28.0. The molecule has 1 atom stereocenters. The molecule has 0 unspecified atom stereocenters. The normalized spacial score (nSPS) is 14.6. The first-order chi connectivity index (χ1) is 15.7. The van der Waals surface area contributed by atoms with Gasteiger partial charge in [-0.1, -0.05) is 42.5 Å². The number of nitrogens with zero attached hydrogens (tertiary/aromatic N) is 1. The molecule has 3 aromatic rings. The molecule has 1 fully saturated rings. The van der Waals surface area contributed by atoms with Crippen LogP contribution in [0.3, 0.4) is 0 Å². The molecule has 32 heavy (non-hydrogen) atoms. The molecule has 4 rings (SSSR count). The van der Waals surface area contributed by atoms with Crippen LogP contribution in [-0.2, 0) is 5.75 Å². The number of hydrogen-bond donors (Lipinski definition) is 2. The number of benzene rings is 3. The van der Waals surface area contributed by atoms with Gasteiger partial charge in [-0.25, -0.2) is 0 Å². The van der Waals surface area contributed by atoms with Crippen LogP contribution in [0.15, 0.2) is 83.8 Å². The summed E-state index contributed by atoms with van der Waals surface area (Å²) in [5.74, 6) is 0.956. The Morgan fingerprint density at radius 3 is 2.28 bits per heavy atom. The Hall–Kier alpha value is -2.50. The highest BCUT2D eigenvalue weighted by Gasteiger charge is 2.12. The molecule has 1 saturated heterocycles. The average Bonchev–Trinajstić information content (AvgIpc) is 2.85. The number of thioether (sulfide) groups is 1. The topological polar surface area (TPSA) is 27.3 Å². The molecule has 0 aliphatic carbocycles. The minimum absolute atomic E-state index is 0.145. The third-order valence-corrected chi connectivity index (χ3v) is 7.13. The zero-order valence-corrected chi connectivity index (χ0v) is 20.2. The van der Waals surface area contributed by atoms with Crippen LogP contribution in [0.5, 0.6) is 0 Å². The zero-order valence-electron chi connectivity index (χ0n) is 18.6. The van der Waals surface area contributed by atoms with E-state index in [0.29, 0.717) is 5.11 Å². The van der Waals surface area contributed by atoms with Crippen molar-refractivity contribution in [3.05, 3.63) is 90.0 Å². The maximum Gasteiger partial charge on any atom is 0.171 e. The molecule has 0 radical (unpaired) electrons. The summed E-state index contributed by atoms with van der Waals surface area (Å²) in [5.41, 5.74) is 4.86. The van der Waals surface area contributed by atoms with Gasteiger partial charge in [-0.15, -0.1) is 11.8 Å². The number of rotatable bonds is 7. The van der Waals surface area contributed by atoms with E-state index in [1.165, 1.54) is 54.1 Å². The minimum Gasteiger partial charge on any atom is -0.372 e. The molecule has 1 aliphatic heterocycles. The number of thiocarbonyl (C=S) groups is 1. The van der Waals surface area contributed by atoms with Crippen LogP contribution in [0.25, 0.3) is 0 Å². The number of nitrogens with one attached hydrogen (secondary N) is 2. The summed E-state index contributed by atoms with van der Waals surface area (Å²) in [4.78, 5) is 3.78. The lowest BCUT2D eigenvalue weighted by molar-refractivity contribution is 0.577. The number of piperidine rings is 1. The van der Waals surface area contributed by atoms with E-state index < -0.39 is 0 Å². The van der Waals surface area contributed by atoms with Gasteiger partial charge >= 0.3 is 0 Å². The first kappa shape index (κ1) is 22.7. The number of anilines is 2. The Balaban J connectivity index is 1.25. The van der Waals surface area contributed by atoms with Gasteiger partial charge in [0.1, 0.15) is 0 Å². The van der Waals surface area contributed by atoms with E-state index in [4.69, 9.17) is 12.2 Å². The van der Waals surface area contributed by atoms with E-state index in [0.717, 1.165) is 11.4 Å². The quantitative estimate of drug-likeness (QED) is 0.291. The smallest absolute Gasteiger partial charge is 0.171 e. The monoisotopic (exact) mass is 461 g/mol. The largest absolute Gasteiger partial charge is 0.372 e. The van der Waals surface area contributed by atoms with Crippen molar-refractivity contribution in [3.63, 3.8) is 0 Å². The Bertz CT molecular complexity index is 982. The Kier molecular flexibility index (Phi) is 8.07. The van der Waals surface area contributed by atoms with E-state index in [2.05, 4.69) is 95.3 Å². The molecule has 5 heteroatoms. The zero-order chi connectivity index (χ0) is 22.2. The Morgan fingerprint density at radius 1 is 0.906 bits per heavy atom. The van der Waals surface area contributed by atoms with Crippen molar-refractivity contribution in [2.24, 2.45) is 0 Å². The fourth-order valence-corrected chi connectivity index (χ4v) is 5.11. The highest BCUT2D eigenvalue weighted by Crippen LogP contribution is 2.24. The second-order valence-corrected chi connectivity index (χ2v) is 9.72. The summed E-state index contributed by atoms with van der Waals surface area (Å²) >= 11 is 7.40. The van der Waals surface area contributed by atoms with Gasteiger partial charge in [-0.2, -0.15) is 0 Å². The summed E-state index contributed by atoms with van der Waals surface area (Å²) in [5, 5.41) is 7.36. The molecular formula is C27H31N3S2. The van der Waals surface area contributed by atoms with Crippen LogP contribution in [-0.4, -0.2) is 18.2 Å². The minimum atomic E-state index is 0.145. The third kappa shape index (κ3) is 6.50. The lowest BCUT2D eigenvalue weighted by Gasteiger charge is -2.29. The van der Waals surface area contributed by atoms with E-state index in [1.54, 1.807) is 0 Å². The molecule has 0 spiro atoms. The summed E-state index contributed by atoms with van der Waals surface area (Å²) in [7, 11) is 0. The second kappa shape index (κ2) is 11.4. The van der Waals surface area contributed by atoms with Crippen molar-refractivity contribution in [2.45, 2.75) is 42.9 Å². The molecule has 1 heterocycles. The van der Waals surface area contributed by atoms with Gasteiger partial charge < -0.3 is 15.5 Å². The van der Waals surface area contributed by atoms with Crippen molar-refractivity contribution in [1.82, 2.24) is 5.32 Å². The lowest BCUT2D eigenvalue weighted by Crippen LogP contribution is -2.31. The molecule has 166 valence electrons. The first-order valence-corrected chi connectivity index (χ1v) is 12.8. The SMILES string of the molecule is C[C@@H](NC(=S)Nc1ccc(CSc2ccccc2)cc1)c1ccc(N2CCCCC2)cc1. The van der Waals surface area contributed by atoms with Gasteiger partial charge in [-0.05, 0) is 85.9 Å². The van der Waals surface area contributed by atoms with Crippen molar-refractivity contribution in [2.75, 3.05) is 23.3 Å². The van der Waals surface area contributed by atoms with Gasteiger partial charge in [0.2, 0.25) is 0 Å². The molecule has 0 bridgehead atoms. The Labute approximate surface area is 201 Å². The maximum atomic E-state index is 5.55. The van der Waals surface area contributed by atoms with Crippen molar-refractivity contribution >= 4 is 40.5 Å². The lowest BCUT2D eigenvalue weighted by atomic mass is 10.1. The van der Waals surface area contributed by atoms with Crippen LogP contribution in [0.2, 0.25) is 0 Å². The highest BCUT2D eigenvalue weighted by molar-refractivity contribution is 7.98. The summed E-state index contributed by atoms with van der Waals surface area (Å²) in [6.45, 7) is 4.49. The molecule has 1 aliphatic rings. The van der Waals surface area contributed by atoms with E-state index >= 15 is 0 Å². The van der Waals surface area contributed by atoms with E-state index in [1.807, 2.05) is 17.8 Å². The van der Waals surface area contributed by atoms with Crippen molar-refractivity contribution < 1.29 is 0 Å². The molecule has 0 aromatic heterocycles. The van der Waals surface area contributed by atoms with Crippen molar-refractivity contribution in [3.8, 4) is 0 Å². The fraction of sp³-hybridized carbons (Fsp3) is 0.296. The van der Waals surface area contributed by atoms with Crippen LogP contribution in [0, 0.1) is 0 Å². The predicted molar refractivity (Wildman–Crippen MR) is 143 cm³/mol. The highest BCUT2D eigenvalue weighted by atomic mass is 32.2. The molecule has 0 amide bonds. The van der Waals surface area contributed by atoms with Gasteiger partial charge in [0.25, 0.3) is 0 Å². The maximum absolute atomic E-state index is 5.55. The van der Waals surface area contributed by atoms with Crippen LogP contribution in [0.1, 0.15) is 43.4 Å². The molecular weight excluding hydrogens is 430 g/mol. The first-order valence-electron chi connectivity index (χ1n) is 11.4. The third-order valence-electron chi connectivity index (χ3n) is 5.82. The summed E-state index contributed by atoms with van der Waals surface area (Å²) in [6.07, 6.45) is 3.95. The number of hydrogen-bond acceptors (Lipinski definition) is 3. The van der Waals surface area contributed by atoms with E-state index in [9.17, 15) is 0 Å². The molecule has 3 aromatic carbocycles. The standard InChI is InChI=1S/C27H31N3S2/c1-21(23-12-16-25(17-13-23)30-18-6-3-7-19-30)28-27(31)29-24-14-10-22(11-15-24)20-32-26-8-4-2-5-9-26/h2,4-5,8-17,21H,3,6-7,18-20H2,1H3,(H2,28,29,31)/t21-/m1/s1. The van der Waals surface area contributed by atoms with Crippen LogP contribution >= 0.6 is 24.0 Å². The van der Waals surface area contributed by atoms with Crippen molar-refractivity contribution in [1.29, 1.82) is 0 Å². The van der Waals surface area contributed by atoms with Gasteiger partial charge in [0.05, 0.1) is 6.04 Å². The van der Waals surface area contributed by atoms with Gasteiger partial charge in [-0.3, -0.25) is 0 Å². The molecule has 2 N–H and O–H groups in total. The fourth-order valence-electron chi connectivity index (χ4n) is 3.94. The van der Waals surface area contributed by atoms with Gasteiger partial charge in [0, 0.05) is 35.1 Å². The van der Waals surface area contributed by atoms with E-state index in [-0.39, 0.29) is 6.04 Å². The summed E-state index contributed by atoms with van der Waals surface area (Å²) < 4.78 is 0. The second-order valence-electron chi connectivity index (χ2n) is 8.26. The Morgan fingerprint density at radius 2 is 1.59 bits per heavy atom. The molecule has 3 nitrogen and oxygen atoms in total. The average molecular weight is 462 g/mol. The van der Waals surface area contributed by atoms with Gasteiger partial charge in [0.15, 0.2) is 5.11 Å². The predicted octanol–water partition coefficient (Wildman–Crippen LogP) is 7.02.